The summed E-state index contributed by atoms with van der Waals surface area (Å²) < 4.78 is 11.5. The van der Waals surface area contributed by atoms with Gasteiger partial charge in [-0.1, -0.05) is 39.1 Å². The Morgan fingerprint density at radius 1 is 1.14 bits per heavy atom. The van der Waals surface area contributed by atoms with Crippen LogP contribution >= 0.6 is 39.1 Å². The summed E-state index contributed by atoms with van der Waals surface area (Å²) in [6, 6.07) is 8.56. The molecule has 2 aromatic carbocycles. The molecule has 3 nitrogen and oxygen atoms in total. The summed E-state index contributed by atoms with van der Waals surface area (Å²) in [5, 5.41) is 0.980. The molecule has 0 saturated heterocycles. The standard InChI is InChI=1S/C16H13BrCl2O3/c1-9-5-12(18)6-10(2)16(9)21-8-15(20)22-14-4-3-11(17)7-13(14)19/h3-7H,8H2,1-2H3. The predicted octanol–water partition coefficient (Wildman–Crippen LogP) is 5.36. The summed E-state index contributed by atoms with van der Waals surface area (Å²) in [5.41, 5.74) is 1.72. The van der Waals surface area contributed by atoms with Crippen LogP contribution in [0.3, 0.4) is 0 Å². The van der Waals surface area contributed by atoms with Gasteiger partial charge in [-0.2, -0.15) is 0 Å². The molecule has 0 atom stereocenters. The predicted molar refractivity (Wildman–Crippen MR) is 91.2 cm³/mol. The van der Waals surface area contributed by atoms with Crippen molar-refractivity contribution in [3.63, 3.8) is 0 Å². The van der Waals surface area contributed by atoms with Gasteiger partial charge in [-0.25, -0.2) is 4.79 Å². The van der Waals surface area contributed by atoms with E-state index in [1.807, 2.05) is 13.8 Å². The number of ether oxygens (including phenoxy) is 2. The minimum Gasteiger partial charge on any atom is -0.481 e. The van der Waals surface area contributed by atoms with Crippen molar-refractivity contribution in [1.82, 2.24) is 0 Å². The zero-order chi connectivity index (χ0) is 16.3. The molecule has 2 aromatic rings. The summed E-state index contributed by atoms with van der Waals surface area (Å²) in [4.78, 5) is 11.9. The Hall–Kier alpha value is -1.23. The Morgan fingerprint density at radius 3 is 2.36 bits per heavy atom. The molecule has 0 N–H and O–H groups in total. The highest BCUT2D eigenvalue weighted by Gasteiger charge is 2.12. The number of aryl methyl sites for hydroxylation is 2. The van der Waals surface area contributed by atoms with Gasteiger partial charge in [-0.15, -0.1) is 0 Å². The SMILES string of the molecule is Cc1cc(Cl)cc(C)c1OCC(=O)Oc1ccc(Br)cc1Cl. The van der Waals surface area contributed by atoms with Crippen LogP contribution in [0.4, 0.5) is 0 Å². The first kappa shape index (κ1) is 17.1. The van der Waals surface area contributed by atoms with Crippen molar-refractivity contribution in [3.05, 3.63) is 56.0 Å². The van der Waals surface area contributed by atoms with Gasteiger partial charge in [-0.3, -0.25) is 0 Å². The average Bonchev–Trinajstić information content (AvgIpc) is 2.40. The van der Waals surface area contributed by atoms with E-state index >= 15 is 0 Å². The van der Waals surface area contributed by atoms with Crippen molar-refractivity contribution in [1.29, 1.82) is 0 Å². The number of hydrogen-bond acceptors (Lipinski definition) is 3. The summed E-state index contributed by atoms with van der Waals surface area (Å²) >= 11 is 15.2. The molecule has 0 aliphatic heterocycles. The Morgan fingerprint density at radius 2 is 1.77 bits per heavy atom. The van der Waals surface area contributed by atoms with Crippen LogP contribution in [0.5, 0.6) is 11.5 Å². The minimum atomic E-state index is -0.530. The summed E-state index contributed by atoms with van der Waals surface area (Å²) in [6.45, 7) is 3.52. The van der Waals surface area contributed by atoms with Crippen molar-refractivity contribution < 1.29 is 14.3 Å². The molecule has 0 amide bonds. The molecule has 0 bridgehead atoms. The molecule has 0 aromatic heterocycles. The van der Waals surface area contributed by atoms with Gasteiger partial charge in [0.2, 0.25) is 0 Å². The summed E-state index contributed by atoms with van der Waals surface area (Å²) in [7, 11) is 0. The van der Waals surface area contributed by atoms with Gasteiger partial charge < -0.3 is 9.47 Å². The van der Waals surface area contributed by atoms with Crippen LogP contribution < -0.4 is 9.47 Å². The Labute approximate surface area is 147 Å². The van der Waals surface area contributed by atoms with Crippen molar-refractivity contribution in [2.45, 2.75) is 13.8 Å². The second-order valence-electron chi connectivity index (χ2n) is 4.71. The molecule has 2 rings (SSSR count). The second-order valence-corrected chi connectivity index (χ2v) is 6.47. The lowest BCUT2D eigenvalue weighted by atomic mass is 10.1. The number of benzene rings is 2. The highest BCUT2D eigenvalue weighted by atomic mass is 79.9. The van der Waals surface area contributed by atoms with Gasteiger partial charge in [0.1, 0.15) is 11.5 Å². The highest BCUT2D eigenvalue weighted by molar-refractivity contribution is 9.10. The molecule has 0 fully saturated rings. The molecule has 116 valence electrons. The number of halogens is 3. The summed E-state index contributed by atoms with van der Waals surface area (Å²) in [5.74, 6) is 0.393. The van der Waals surface area contributed by atoms with Crippen LogP contribution in [0.2, 0.25) is 10.0 Å². The lowest BCUT2D eigenvalue weighted by molar-refractivity contribution is -0.136. The van der Waals surface area contributed by atoms with E-state index in [9.17, 15) is 4.79 Å². The molecule has 0 radical (unpaired) electrons. The molecular formula is C16H13BrCl2O3. The van der Waals surface area contributed by atoms with E-state index in [4.69, 9.17) is 32.7 Å². The van der Waals surface area contributed by atoms with E-state index in [1.54, 1.807) is 30.3 Å². The lowest BCUT2D eigenvalue weighted by Crippen LogP contribution is -2.18. The molecular weight excluding hydrogens is 391 g/mol. The molecule has 0 aliphatic carbocycles. The van der Waals surface area contributed by atoms with E-state index in [0.717, 1.165) is 15.6 Å². The zero-order valence-corrected chi connectivity index (χ0v) is 15.1. The zero-order valence-electron chi connectivity index (χ0n) is 12.0. The van der Waals surface area contributed by atoms with Crippen LogP contribution in [0, 0.1) is 13.8 Å². The third kappa shape index (κ3) is 4.38. The molecule has 0 spiro atoms. The smallest absolute Gasteiger partial charge is 0.349 e. The van der Waals surface area contributed by atoms with Crippen LogP contribution in [0.15, 0.2) is 34.8 Å². The minimum absolute atomic E-state index is 0.213. The Balaban J connectivity index is 2.02. The topological polar surface area (TPSA) is 35.5 Å². The van der Waals surface area contributed by atoms with Gasteiger partial charge in [0.05, 0.1) is 5.02 Å². The van der Waals surface area contributed by atoms with Gasteiger partial charge >= 0.3 is 5.97 Å². The monoisotopic (exact) mass is 402 g/mol. The maximum absolute atomic E-state index is 11.9. The average molecular weight is 404 g/mol. The van der Waals surface area contributed by atoms with Crippen LogP contribution in [-0.4, -0.2) is 12.6 Å². The first-order valence-electron chi connectivity index (χ1n) is 6.42. The normalized spacial score (nSPS) is 10.4. The number of carbonyl (C=O) groups excluding carboxylic acids is 1. The maximum Gasteiger partial charge on any atom is 0.349 e. The number of hydrogen-bond donors (Lipinski definition) is 0. The van der Waals surface area contributed by atoms with E-state index in [0.29, 0.717) is 21.5 Å². The fourth-order valence-corrected chi connectivity index (χ4v) is 3.01. The molecule has 0 heterocycles. The first-order chi connectivity index (χ1) is 10.4. The van der Waals surface area contributed by atoms with Gasteiger partial charge in [0.15, 0.2) is 6.61 Å². The fourth-order valence-electron chi connectivity index (χ4n) is 1.97. The third-order valence-electron chi connectivity index (χ3n) is 2.88. The molecule has 0 unspecified atom stereocenters. The van der Waals surface area contributed by atoms with Crippen molar-refractivity contribution in [2.75, 3.05) is 6.61 Å². The molecule has 22 heavy (non-hydrogen) atoms. The molecule has 0 aliphatic rings. The van der Waals surface area contributed by atoms with Gasteiger partial charge in [-0.05, 0) is 55.3 Å². The fraction of sp³-hybridized carbons (Fsp3) is 0.188. The second kappa shape index (κ2) is 7.36. The van der Waals surface area contributed by atoms with Crippen molar-refractivity contribution in [2.24, 2.45) is 0 Å². The number of rotatable bonds is 4. The quantitative estimate of drug-likeness (QED) is 0.509. The van der Waals surface area contributed by atoms with Crippen molar-refractivity contribution >= 4 is 45.1 Å². The molecule has 0 saturated carbocycles. The number of esters is 1. The van der Waals surface area contributed by atoms with Crippen molar-refractivity contribution in [3.8, 4) is 11.5 Å². The van der Waals surface area contributed by atoms with Crippen LogP contribution in [0.25, 0.3) is 0 Å². The van der Waals surface area contributed by atoms with Crippen LogP contribution in [0.1, 0.15) is 11.1 Å². The maximum atomic E-state index is 11.9. The van der Waals surface area contributed by atoms with Crippen LogP contribution in [-0.2, 0) is 4.79 Å². The van der Waals surface area contributed by atoms with E-state index in [-0.39, 0.29) is 6.61 Å². The Kier molecular flexibility index (Phi) is 5.73. The van der Waals surface area contributed by atoms with E-state index in [2.05, 4.69) is 15.9 Å². The van der Waals surface area contributed by atoms with Gasteiger partial charge in [0.25, 0.3) is 0 Å². The largest absolute Gasteiger partial charge is 0.481 e. The first-order valence-corrected chi connectivity index (χ1v) is 7.97. The highest BCUT2D eigenvalue weighted by Crippen LogP contribution is 2.29. The van der Waals surface area contributed by atoms with Gasteiger partial charge in [0, 0.05) is 9.50 Å². The third-order valence-corrected chi connectivity index (χ3v) is 3.88. The molecule has 6 heteroatoms. The summed E-state index contributed by atoms with van der Waals surface area (Å²) in [6.07, 6.45) is 0. The van der Waals surface area contributed by atoms with E-state index < -0.39 is 5.97 Å². The Bertz CT molecular complexity index is 694. The number of carbonyl (C=O) groups is 1. The lowest BCUT2D eigenvalue weighted by Gasteiger charge is -2.12. The van der Waals surface area contributed by atoms with E-state index in [1.165, 1.54) is 0 Å².